The van der Waals surface area contributed by atoms with Crippen molar-refractivity contribution in [1.82, 2.24) is 0 Å². The summed E-state index contributed by atoms with van der Waals surface area (Å²) in [5.74, 6) is 0. The third-order valence-electron chi connectivity index (χ3n) is 9.51. The van der Waals surface area contributed by atoms with Crippen molar-refractivity contribution < 1.29 is 0 Å². The van der Waals surface area contributed by atoms with Gasteiger partial charge in [-0.1, -0.05) is 243 Å². The van der Waals surface area contributed by atoms with Crippen LogP contribution in [-0.2, 0) is 6.42 Å². The van der Waals surface area contributed by atoms with Gasteiger partial charge < -0.3 is 0 Å². The van der Waals surface area contributed by atoms with Gasteiger partial charge in [0.15, 0.2) is 0 Å². The van der Waals surface area contributed by atoms with E-state index in [0.29, 0.717) is 0 Å². The van der Waals surface area contributed by atoms with Crippen molar-refractivity contribution in [3.05, 3.63) is 260 Å². The highest BCUT2D eigenvalue weighted by Gasteiger charge is 1.99. The summed E-state index contributed by atoms with van der Waals surface area (Å²) in [6, 6.07) is 80.0. The molecule has 0 saturated heterocycles. The molecule has 264 valence electrons. The second-order valence-electron chi connectivity index (χ2n) is 13.2. The average molecular weight is 705 g/mol. The van der Waals surface area contributed by atoms with Crippen LogP contribution in [-0.4, -0.2) is 0 Å². The van der Waals surface area contributed by atoms with E-state index in [0.717, 1.165) is 6.42 Å². The Labute approximate surface area is 325 Å². The highest BCUT2D eigenvalue weighted by molar-refractivity contribution is 6.07. The second-order valence-corrected chi connectivity index (χ2v) is 13.2. The van der Waals surface area contributed by atoms with Crippen molar-refractivity contribution in [3.8, 4) is 0 Å². The number of hydrogen-bond acceptors (Lipinski definition) is 0. The number of benzene rings is 10. The molecule has 1 aliphatic carbocycles. The van der Waals surface area contributed by atoms with Crippen LogP contribution in [0.4, 0.5) is 0 Å². The van der Waals surface area contributed by atoms with Crippen LogP contribution in [0.1, 0.15) is 11.1 Å². The zero-order chi connectivity index (χ0) is 37.3. The molecular weight excluding hydrogens is 661 g/mol. The van der Waals surface area contributed by atoms with E-state index in [9.17, 15) is 0 Å². The molecule has 10 aromatic rings. The monoisotopic (exact) mass is 704 g/mol. The van der Waals surface area contributed by atoms with E-state index in [2.05, 4.69) is 218 Å². The maximum absolute atomic E-state index is 2.24. The summed E-state index contributed by atoms with van der Waals surface area (Å²) < 4.78 is 0. The summed E-state index contributed by atoms with van der Waals surface area (Å²) in [6.45, 7) is 0. The van der Waals surface area contributed by atoms with Crippen LogP contribution in [0.5, 0.6) is 0 Å². The van der Waals surface area contributed by atoms with E-state index in [4.69, 9.17) is 0 Å². The Hall–Kier alpha value is -7.02. The number of fused-ring (bicyclic) bond motifs is 7. The summed E-state index contributed by atoms with van der Waals surface area (Å²) in [4.78, 5) is 0. The van der Waals surface area contributed by atoms with Crippen LogP contribution in [0, 0.1) is 0 Å². The molecule has 0 nitrogen and oxygen atoms in total. The number of rotatable bonds is 0. The number of allylic oxidation sites excluding steroid dienone is 3. The Morgan fingerprint density at radius 2 is 0.600 bits per heavy atom. The third-order valence-corrected chi connectivity index (χ3v) is 9.51. The lowest BCUT2D eigenvalue weighted by Gasteiger charge is -2.02. The molecule has 0 radical (unpaired) electrons. The van der Waals surface area contributed by atoms with E-state index >= 15 is 0 Å². The Bertz CT molecular complexity index is 2520. The lowest BCUT2D eigenvalue weighted by atomic mass is 10.0. The Morgan fingerprint density at radius 3 is 1.04 bits per heavy atom. The van der Waals surface area contributed by atoms with E-state index < -0.39 is 0 Å². The van der Waals surface area contributed by atoms with Crippen LogP contribution in [0.25, 0.3) is 59.9 Å². The molecule has 0 spiro atoms. The summed E-state index contributed by atoms with van der Waals surface area (Å²) in [6.07, 6.45) is 9.58. The molecule has 0 heteroatoms. The highest BCUT2D eigenvalue weighted by Crippen LogP contribution is 2.25. The van der Waals surface area contributed by atoms with Crippen LogP contribution in [0.2, 0.25) is 0 Å². The van der Waals surface area contributed by atoms with Crippen molar-refractivity contribution >= 4 is 59.9 Å². The minimum atomic E-state index is 1.06. The topological polar surface area (TPSA) is 0 Å². The van der Waals surface area contributed by atoms with Gasteiger partial charge in [0, 0.05) is 0 Å². The zero-order valence-corrected chi connectivity index (χ0v) is 31.0. The molecule has 0 saturated carbocycles. The van der Waals surface area contributed by atoms with Gasteiger partial charge in [0.2, 0.25) is 0 Å². The Kier molecular flexibility index (Phi) is 12.7. The van der Waals surface area contributed by atoms with Crippen LogP contribution in [0.3, 0.4) is 0 Å². The highest BCUT2D eigenvalue weighted by atomic mass is 14.0. The van der Waals surface area contributed by atoms with Crippen molar-refractivity contribution in [2.75, 3.05) is 0 Å². The maximum atomic E-state index is 2.24. The van der Waals surface area contributed by atoms with E-state index in [1.165, 1.54) is 65.0 Å². The molecule has 1 aliphatic rings. The van der Waals surface area contributed by atoms with Crippen LogP contribution < -0.4 is 0 Å². The van der Waals surface area contributed by atoms with Gasteiger partial charge in [-0.2, -0.15) is 0 Å². The second kappa shape index (κ2) is 19.2. The maximum Gasteiger partial charge on any atom is -0.00884 e. The molecule has 0 aliphatic heterocycles. The normalized spacial score (nSPS) is 11.1. The van der Waals surface area contributed by atoms with E-state index in [-0.39, 0.29) is 0 Å². The van der Waals surface area contributed by atoms with Gasteiger partial charge in [-0.05, 0) is 83.5 Å². The van der Waals surface area contributed by atoms with Gasteiger partial charge >= 0.3 is 0 Å². The predicted molar refractivity (Wildman–Crippen MR) is 242 cm³/mol. The first-order valence-corrected chi connectivity index (χ1v) is 18.9. The van der Waals surface area contributed by atoms with Gasteiger partial charge in [0.05, 0.1) is 0 Å². The lowest BCUT2D eigenvalue weighted by Crippen LogP contribution is -1.83. The predicted octanol–water partition coefficient (Wildman–Crippen LogP) is 15.3. The molecule has 0 aromatic heterocycles. The lowest BCUT2D eigenvalue weighted by molar-refractivity contribution is 1.27. The van der Waals surface area contributed by atoms with Crippen LogP contribution >= 0.6 is 0 Å². The fourth-order valence-corrected chi connectivity index (χ4v) is 6.67. The fourth-order valence-electron chi connectivity index (χ4n) is 6.67. The molecule has 0 unspecified atom stereocenters. The quantitative estimate of drug-likeness (QED) is 0.109. The molecule has 0 atom stereocenters. The SMILES string of the molecule is C1=CCc2ccccc2C=C1.c1ccc2c(c1)ccc1ccccc12.c1ccc2cc3ccccc3cc2c1.c1ccc2ccccc2c1.c1ccccc1. The standard InChI is InChI=1S/2C14H10.C11H10.C10H8.C6H6/c1-3-7-13-11(5-1)9-10-12-6-2-4-8-14(12)13;1-2-6-12-10-14-8-4-3-7-13(14)9-11(12)5-1;1-2-6-10-8-4-5-9-11(10)7-3-1;1-2-6-10-8-4-3-7-9(10)5-1;1-2-4-6-5-3-1/h2*1-10H;1-6,8-9H,7H2;1-8H;1-6H. The first kappa shape index (κ1) is 36.3. The Morgan fingerprint density at radius 1 is 0.255 bits per heavy atom. The van der Waals surface area contributed by atoms with Gasteiger partial charge in [-0.15, -0.1) is 0 Å². The molecule has 10 aromatic carbocycles. The summed E-state index contributed by atoms with van der Waals surface area (Å²) in [5.41, 5.74) is 2.76. The van der Waals surface area contributed by atoms with Crippen molar-refractivity contribution in [3.63, 3.8) is 0 Å². The van der Waals surface area contributed by atoms with Gasteiger partial charge in [-0.3, -0.25) is 0 Å². The molecule has 0 amide bonds. The van der Waals surface area contributed by atoms with E-state index in [1.54, 1.807) is 0 Å². The van der Waals surface area contributed by atoms with Gasteiger partial charge in [-0.25, -0.2) is 0 Å². The van der Waals surface area contributed by atoms with Crippen molar-refractivity contribution in [2.45, 2.75) is 6.42 Å². The smallest absolute Gasteiger partial charge is 0.00884 e. The largest absolute Gasteiger partial charge is 0.0801 e. The third kappa shape index (κ3) is 10.1. The average Bonchev–Trinajstić information content (AvgIpc) is 3.53. The summed E-state index contributed by atoms with van der Waals surface area (Å²) in [5, 5.41) is 13.2. The molecule has 0 heterocycles. The minimum Gasteiger partial charge on any atom is -0.0801 e. The molecule has 0 bridgehead atoms. The van der Waals surface area contributed by atoms with Crippen molar-refractivity contribution in [2.24, 2.45) is 0 Å². The number of hydrogen-bond donors (Lipinski definition) is 0. The van der Waals surface area contributed by atoms with E-state index in [1.807, 2.05) is 36.4 Å². The molecular formula is C55H44. The molecule has 55 heavy (non-hydrogen) atoms. The fraction of sp³-hybridized carbons (Fsp3) is 0.0182. The zero-order valence-electron chi connectivity index (χ0n) is 31.0. The molecule has 11 rings (SSSR count). The summed E-state index contributed by atoms with van der Waals surface area (Å²) in [7, 11) is 0. The summed E-state index contributed by atoms with van der Waals surface area (Å²) >= 11 is 0. The molecule has 0 N–H and O–H groups in total. The Balaban J connectivity index is 0.000000108. The van der Waals surface area contributed by atoms with Gasteiger partial charge in [0.1, 0.15) is 0 Å². The first-order valence-electron chi connectivity index (χ1n) is 18.9. The van der Waals surface area contributed by atoms with Crippen molar-refractivity contribution in [1.29, 1.82) is 0 Å². The molecule has 0 fully saturated rings. The van der Waals surface area contributed by atoms with Crippen LogP contribution in [0.15, 0.2) is 249 Å². The minimum absolute atomic E-state index is 1.06. The first-order chi connectivity index (χ1) is 27.3. The van der Waals surface area contributed by atoms with Gasteiger partial charge in [0.25, 0.3) is 0 Å².